The van der Waals surface area contributed by atoms with Gasteiger partial charge < -0.3 is 19.8 Å². The van der Waals surface area contributed by atoms with Crippen LogP contribution in [0.1, 0.15) is 29.7 Å². The maximum Gasteiger partial charge on any atom is 0.226 e. The van der Waals surface area contributed by atoms with Crippen LogP contribution in [-0.4, -0.2) is 29.6 Å². The van der Waals surface area contributed by atoms with Gasteiger partial charge in [-0.2, -0.15) is 0 Å². The number of hydrogen-bond donors (Lipinski definition) is 2. The van der Waals surface area contributed by atoms with Gasteiger partial charge in [0, 0.05) is 31.4 Å². The average Bonchev–Trinajstić information content (AvgIpc) is 3.49. The zero-order valence-electron chi connectivity index (χ0n) is 17.8. The highest BCUT2D eigenvalue weighted by Gasteiger charge is 2.22. The molecule has 0 aliphatic heterocycles. The van der Waals surface area contributed by atoms with Crippen LogP contribution in [0.25, 0.3) is 11.5 Å². The summed E-state index contributed by atoms with van der Waals surface area (Å²) in [4.78, 5) is 13.2. The molecule has 0 radical (unpaired) electrons. The molecule has 1 aliphatic carbocycles. The molecule has 7 nitrogen and oxygen atoms in total. The highest BCUT2D eigenvalue weighted by Crippen LogP contribution is 2.29. The van der Waals surface area contributed by atoms with Crippen molar-refractivity contribution in [3.8, 4) is 17.3 Å². The fraction of sp³-hybridized carbons (Fsp3) is 0.348. The largest absolute Gasteiger partial charge is 0.477 e. The number of aliphatic imine (C=N–C) groups is 1. The van der Waals surface area contributed by atoms with Gasteiger partial charge in [-0.25, -0.2) is 9.97 Å². The first-order valence-electron chi connectivity index (χ1n) is 10.2. The molecular formula is C23H28IN5O2. The normalized spacial score (nSPS) is 13.4. The minimum Gasteiger partial charge on any atom is -0.477 e. The molecule has 2 N–H and O–H groups in total. The quantitative estimate of drug-likeness (QED) is 0.255. The van der Waals surface area contributed by atoms with Gasteiger partial charge in [-0.3, -0.25) is 4.99 Å². The number of oxazole rings is 1. The van der Waals surface area contributed by atoms with Crippen molar-refractivity contribution in [2.24, 2.45) is 10.9 Å². The monoisotopic (exact) mass is 533 g/mol. The van der Waals surface area contributed by atoms with E-state index in [1.165, 1.54) is 18.4 Å². The van der Waals surface area contributed by atoms with E-state index in [-0.39, 0.29) is 24.0 Å². The molecule has 1 aliphatic rings. The van der Waals surface area contributed by atoms with Crippen LogP contribution in [0.3, 0.4) is 0 Å². The second-order valence-corrected chi connectivity index (χ2v) is 7.55. The lowest BCUT2D eigenvalue weighted by Gasteiger charge is -2.11. The minimum atomic E-state index is 0. The molecule has 2 heterocycles. The minimum absolute atomic E-state index is 0. The molecule has 0 atom stereocenters. The van der Waals surface area contributed by atoms with Crippen molar-refractivity contribution in [3.63, 3.8) is 0 Å². The molecule has 2 aromatic heterocycles. The summed E-state index contributed by atoms with van der Waals surface area (Å²) >= 11 is 0. The molecule has 3 aromatic rings. The predicted molar refractivity (Wildman–Crippen MR) is 132 cm³/mol. The van der Waals surface area contributed by atoms with Crippen LogP contribution in [-0.2, 0) is 13.1 Å². The van der Waals surface area contributed by atoms with E-state index < -0.39 is 0 Å². The molecule has 164 valence electrons. The molecule has 4 rings (SSSR count). The third kappa shape index (κ3) is 6.95. The first kappa shape index (κ1) is 23.1. The van der Waals surface area contributed by atoms with Crippen molar-refractivity contribution in [1.29, 1.82) is 0 Å². The lowest BCUT2D eigenvalue weighted by Crippen LogP contribution is -2.36. The molecule has 0 saturated heterocycles. The highest BCUT2D eigenvalue weighted by molar-refractivity contribution is 14.0. The standard InChI is InChI=1S/C23H27N5O2.HI/c1-16-3-8-19(9-4-16)22-28-20(15-30-22)13-27-23(24-2)26-12-18-7-10-21(25-11-18)29-14-17-5-6-17;/h3-4,7-11,15,17H,5-6,12-14H2,1-2H3,(H2,24,26,27);1H. The molecule has 1 saturated carbocycles. The number of aryl methyl sites for hydroxylation is 1. The zero-order valence-corrected chi connectivity index (χ0v) is 20.1. The second-order valence-electron chi connectivity index (χ2n) is 7.55. The summed E-state index contributed by atoms with van der Waals surface area (Å²) in [7, 11) is 1.74. The third-order valence-corrected chi connectivity index (χ3v) is 4.93. The van der Waals surface area contributed by atoms with Crippen LogP contribution in [0.15, 0.2) is 58.3 Å². The van der Waals surface area contributed by atoms with Gasteiger partial charge in [0.15, 0.2) is 5.96 Å². The Labute approximate surface area is 199 Å². The van der Waals surface area contributed by atoms with Crippen LogP contribution in [0, 0.1) is 12.8 Å². The van der Waals surface area contributed by atoms with Gasteiger partial charge in [0.25, 0.3) is 0 Å². The van der Waals surface area contributed by atoms with E-state index in [0.717, 1.165) is 29.3 Å². The predicted octanol–water partition coefficient (Wildman–Crippen LogP) is 4.32. The van der Waals surface area contributed by atoms with Gasteiger partial charge in [-0.1, -0.05) is 23.8 Å². The molecular weight excluding hydrogens is 505 g/mol. The summed E-state index contributed by atoms with van der Waals surface area (Å²) < 4.78 is 11.3. The number of nitrogens with one attached hydrogen (secondary N) is 2. The van der Waals surface area contributed by atoms with Crippen molar-refractivity contribution >= 4 is 29.9 Å². The van der Waals surface area contributed by atoms with Gasteiger partial charge in [0.1, 0.15) is 6.26 Å². The molecule has 1 fully saturated rings. The maximum absolute atomic E-state index is 5.68. The smallest absolute Gasteiger partial charge is 0.226 e. The fourth-order valence-corrected chi connectivity index (χ4v) is 2.89. The third-order valence-electron chi connectivity index (χ3n) is 4.93. The van der Waals surface area contributed by atoms with Crippen molar-refractivity contribution in [3.05, 3.63) is 65.7 Å². The van der Waals surface area contributed by atoms with Gasteiger partial charge in [0.05, 0.1) is 18.8 Å². The van der Waals surface area contributed by atoms with Gasteiger partial charge >= 0.3 is 0 Å². The highest BCUT2D eigenvalue weighted by atomic mass is 127. The Morgan fingerprint density at radius 1 is 1.13 bits per heavy atom. The van der Waals surface area contributed by atoms with Crippen molar-refractivity contribution in [2.45, 2.75) is 32.9 Å². The molecule has 0 bridgehead atoms. The lowest BCUT2D eigenvalue weighted by molar-refractivity contribution is 0.288. The van der Waals surface area contributed by atoms with Gasteiger partial charge in [0.2, 0.25) is 11.8 Å². The Hall–Kier alpha value is -2.62. The van der Waals surface area contributed by atoms with Gasteiger partial charge in [-0.05, 0) is 43.4 Å². The molecule has 0 unspecified atom stereocenters. The number of benzene rings is 1. The van der Waals surface area contributed by atoms with Crippen molar-refractivity contribution < 1.29 is 9.15 Å². The SMILES string of the molecule is CN=C(NCc1ccc(OCC2CC2)nc1)NCc1coc(-c2ccc(C)cc2)n1.I. The number of ether oxygens (including phenoxy) is 1. The van der Waals surface area contributed by atoms with Gasteiger partial charge in [-0.15, -0.1) is 24.0 Å². The van der Waals surface area contributed by atoms with Crippen molar-refractivity contribution in [2.75, 3.05) is 13.7 Å². The van der Waals surface area contributed by atoms with Crippen LogP contribution < -0.4 is 15.4 Å². The Morgan fingerprint density at radius 3 is 2.58 bits per heavy atom. The summed E-state index contributed by atoms with van der Waals surface area (Å²) in [6.07, 6.45) is 6.04. The molecule has 0 amide bonds. The van der Waals surface area contributed by atoms with Crippen molar-refractivity contribution in [1.82, 2.24) is 20.6 Å². The van der Waals surface area contributed by atoms with E-state index in [4.69, 9.17) is 9.15 Å². The van der Waals surface area contributed by atoms with Crippen LogP contribution in [0.5, 0.6) is 5.88 Å². The lowest BCUT2D eigenvalue weighted by atomic mass is 10.1. The number of pyridine rings is 1. The first-order chi connectivity index (χ1) is 14.7. The second kappa shape index (κ2) is 11.1. The van der Waals surface area contributed by atoms with E-state index in [2.05, 4.69) is 32.5 Å². The molecule has 31 heavy (non-hydrogen) atoms. The molecule has 8 heteroatoms. The Bertz CT molecular complexity index is 982. The van der Waals surface area contributed by atoms with Crippen LogP contribution in [0.2, 0.25) is 0 Å². The Balaban J connectivity index is 0.00000272. The summed E-state index contributed by atoms with van der Waals surface area (Å²) in [5, 5.41) is 6.53. The maximum atomic E-state index is 5.68. The molecule has 0 spiro atoms. The molecule has 1 aromatic carbocycles. The Morgan fingerprint density at radius 2 is 1.90 bits per heavy atom. The summed E-state index contributed by atoms with van der Waals surface area (Å²) in [6, 6.07) is 12.0. The summed E-state index contributed by atoms with van der Waals surface area (Å²) in [5.41, 5.74) is 4.04. The number of rotatable bonds is 8. The van der Waals surface area contributed by atoms with E-state index in [1.807, 2.05) is 42.6 Å². The Kier molecular flexibility index (Phi) is 8.27. The number of nitrogens with zero attached hydrogens (tertiary/aromatic N) is 3. The van der Waals surface area contributed by atoms with E-state index >= 15 is 0 Å². The average molecular weight is 533 g/mol. The zero-order chi connectivity index (χ0) is 20.8. The number of halogens is 1. The van der Waals surface area contributed by atoms with Crippen LogP contribution in [0.4, 0.5) is 0 Å². The summed E-state index contributed by atoms with van der Waals surface area (Å²) in [5.74, 6) is 2.71. The fourth-order valence-electron chi connectivity index (χ4n) is 2.89. The van der Waals surface area contributed by atoms with Crippen LogP contribution >= 0.6 is 24.0 Å². The van der Waals surface area contributed by atoms with E-state index in [9.17, 15) is 0 Å². The first-order valence-corrected chi connectivity index (χ1v) is 10.2. The van der Waals surface area contributed by atoms with E-state index in [0.29, 0.717) is 30.8 Å². The number of guanidine groups is 1. The summed E-state index contributed by atoms with van der Waals surface area (Å²) in [6.45, 7) is 3.96. The number of hydrogen-bond acceptors (Lipinski definition) is 5. The topological polar surface area (TPSA) is 84.6 Å². The number of aromatic nitrogens is 2. The van der Waals surface area contributed by atoms with E-state index in [1.54, 1.807) is 13.3 Å².